The molecule has 0 aliphatic rings. The standard InChI is InChI=1S/C11H17NO3/c1-11(2,3)8-7-12-9(15-8)5-4-6-10(13)14/h7H,4-6H2,1-3H3,(H,13,14). The Labute approximate surface area is 89.3 Å². The molecule has 4 nitrogen and oxygen atoms in total. The molecule has 1 rings (SSSR count). The molecule has 0 aromatic carbocycles. The highest BCUT2D eigenvalue weighted by molar-refractivity contribution is 5.66. The van der Waals surface area contributed by atoms with Gasteiger partial charge in [-0.1, -0.05) is 20.8 Å². The van der Waals surface area contributed by atoms with Crippen LogP contribution in [0, 0.1) is 0 Å². The Bertz CT molecular complexity index is 336. The zero-order chi connectivity index (χ0) is 11.5. The summed E-state index contributed by atoms with van der Waals surface area (Å²) >= 11 is 0. The normalized spacial score (nSPS) is 11.7. The predicted octanol–water partition coefficient (Wildman–Crippen LogP) is 2.38. The van der Waals surface area contributed by atoms with Crippen LogP contribution in [0.3, 0.4) is 0 Å². The number of carbonyl (C=O) groups is 1. The lowest BCUT2D eigenvalue weighted by atomic mass is 9.94. The number of oxazole rings is 1. The Morgan fingerprint density at radius 2 is 2.20 bits per heavy atom. The highest BCUT2D eigenvalue weighted by atomic mass is 16.4. The second-order valence-corrected chi connectivity index (χ2v) is 4.62. The zero-order valence-corrected chi connectivity index (χ0v) is 9.41. The van der Waals surface area contributed by atoms with Gasteiger partial charge in [0, 0.05) is 18.3 Å². The SMILES string of the molecule is CC(C)(C)c1cnc(CCCC(=O)O)o1. The van der Waals surface area contributed by atoms with E-state index in [-0.39, 0.29) is 11.8 Å². The van der Waals surface area contributed by atoms with Crippen LogP contribution in [-0.2, 0) is 16.6 Å². The summed E-state index contributed by atoms with van der Waals surface area (Å²) in [7, 11) is 0. The first kappa shape index (κ1) is 11.8. The summed E-state index contributed by atoms with van der Waals surface area (Å²) in [4.78, 5) is 14.4. The number of hydrogen-bond acceptors (Lipinski definition) is 3. The third-order valence-electron chi connectivity index (χ3n) is 2.07. The van der Waals surface area contributed by atoms with Gasteiger partial charge in [0.2, 0.25) is 0 Å². The summed E-state index contributed by atoms with van der Waals surface area (Å²) in [6, 6.07) is 0. The molecular weight excluding hydrogens is 194 g/mol. The van der Waals surface area contributed by atoms with E-state index in [2.05, 4.69) is 25.8 Å². The molecule has 1 N–H and O–H groups in total. The quantitative estimate of drug-likeness (QED) is 0.830. The fourth-order valence-electron chi connectivity index (χ4n) is 1.16. The molecule has 0 bridgehead atoms. The summed E-state index contributed by atoms with van der Waals surface area (Å²) in [6.07, 6.45) is 3.03. The van der Waals surface area contributed by atoms with Crippen molar-refractivity contribution in [2.24, 2.45) is 0 Å². The zero-order valence-electron chi connectivity index (χ0n) is 9.41. The first-order valence-corrected chi connectivity index (χ1v) is 5.06. The van der Waals surface area contributed by atoms with Crippen molar-refractivity contribution in [2.75, 3.05) is 0 Å². The molecule has 15 heavy (non-hydrogen) atoms. The molecule has 0 atom stereocenters. The third-order valence-corrected chi connectivity index (χ3v) is 2.07. The summed E-state index contributed by atoms with van der Waals surface area (Å²) in [6.45, 7) is 6.15. The van der Waals surface area contributed by atoms with Crippen LogP contribution in [0.4, 0.5) is 0 Å². The van der Waals surface area contributed by atoms with Gasteiger partial charge in [0.15, 0.2) is 5.89 Å². The lowest BCUT2D eigenvalue weighted by Gasteiger charge is -2.12. The van der Waals surface area contributed by atoms with E-state index >= 15 is 0 Å². The summed E-state index contributed by atoms with van der Waals surface area (Å²) in [5.74, 6) is 0.687. The molecule has 0 aliphatic heterocycles. The minimum Gasteiger partial charge on any atom is -0.481 e. The first-order valence-electron chi connectivity index (χ1n) is 5.06. The van der Waals surface area contributed by atoms with Crippen LogP contribution in [0.15, 0.2) is 10.6 Å². The molecule has 1 aromatic rings. The molecule has 1 aromatic heterocycles. The van der Waals surface area contributed by atoms with E-state index in [1.165, 1.54) is 0 Å². The van der Waals surface area contributed by atoms with E-state index in [1.807, 2.05) is 0 Å². The highest BCUT2D eigenvalue weighted by Gasteiger charge is 2.18. The van der Waals surface area contributed by atoms with Crippen molar-refractivity contribution in [3.8, 4) is 0 Å². The Kier molecular flexibility index (Phi) is 3.50. The molecule has 0 saturated carbocycles. The van der Waals surface area contributed by atoms with Gasteiger partial charge in [-0.2, -0.15) is 0 Å². The third kappa shape index (κ3) is 3.73. The van der Waals surface area contributed by atoms with Crippen LogP contribution in [0.5, 0.6) is 0 Å². The van der Waals surface area contributed by atoms with Gasteiger partial charge in [0.05, 0.1) is 6.20 Å². The van der Waals surface area contributed by atoms with Crippen molar-refractivity contribution in [3.05, 3.63) is 17.8 Å². The molecule has 0 amide bonds. The van der Waals surface area contributed by atoms with E-state index in [0.717, 1.165) is 5.76 Å². The number of hydrogen-bond donors (Lipinski definition) is 1. The van der Waals surface area contributed by atoms with Gasteiger partial charge >= 0.3 is 5.97 Å². The van der Waals surface area contributed by atoms with Gasteiger partial charge in [-0.25, -0.2) is 4.98 Å². The number of nitrogens with zero attached hydrogens (tertiary/aromatic N) is 1. The fourth-order valence-corrected chi connectivity index (χ4v) is 1.16. The Morgan fingerprint density at radius 1 is 1.53 bits per heavy atom. The second-order valence-electron chi connectivity index (χ2n) is 4.62. The lowest BCUT2D eigenvalue weighted by Crippen LogP contribution is -2.09. The van der Waals surface area contributed by atoms with Crippen LogP contribution < -0.4 is 0 Å². The Morgan fingerprint density at radius 3 is 2.67 bits per heavy atom. The first-order chi connectivity index (χ1) is 6.89. The van der Waals surface area contributed by atoms with Gasteiger partial charge in [-0.05, 0) is 6.42 Å². The molecule has 0 radical (unpaired) electrons. The Balaban J connectivity index is 2.50. The van der Waals surface area contributed by atoms with E-state index in [4.69, 9.17) is 9.52 Å². The van der Waals surface area contributed by atoms with Crippen LogP contribution in [0.25, 0.3) is 0 Å². The fraction of sp³-hybridized carbons (Fsp3) is 0.636. The molecule has 84 valence electrons. The molecule has 4 heteroatoms. The topological polar surface area (TPSA) is 63.3 Å². The molecular formula is C11H17NO3. The van der Waals surface area contributed by atoms with Crippen LogP contribution in [0.2, 0.25) is 0 Å². The predicted molar refractivity (Wildman–Crippen MR) is 55.8 cm³/mol. The average Bonchev–Trinajstić information content (AvgIpc) is 2.51. The molecule has 0 spiro atoms. The van der Waals surface area contributed by atoms with Crippen molar-refractivity contribution < 1.29 is 14.3 Å². The molecule has 0 fully saturated rings. The summed E-state index contributed by atoms with van der Waals surface area (Å²) < 4.78 is 5.53. The molecule has 0 aliphatic carbocycles. The molecule has 1 heterocycles. The lowest BCUT2D eigenvalue weighted by molar-refractivity contribution is -0.137. The van der Waals surface area contributed by atoms with Crippen molar-refractivity contribution in [2.45, 2.75) is 45.4 Å². The maximum atomic E-state index is 10.3. The smallest absolute Gasteiger partial charge is 0.303 e. The summed E-state index contributed by atoms with van der Waals surface area (Å²) in [5, 5.41) is 8.47. The van der Waals surface area contributed by atoms with Crippen LogP contribution in [0.1, 0.15) is 45.3 Å². The van der Waals surface area contributed by atoms with Gasteiger partial charge in [-0.3, -0.25) is 4.79 Å². The van der Waals surface area contributed by atoms with Gasteiger partial charge in [-0.15, -0.1) is 0 Å². The van der Waals surface area contributed by atoms with Gasteiger partial charge in [0.1, 0.15) is 5.76 Å². The van der Waals surface area contributed by atoms with Crippen LogP contribution >= 0.6 is 0 Å². The number of aliphatic carboxylic acids is 1. The van der Waals surface area contributed by atoms with Crippen molar-refractivity contribution >= 4 is 5.97 Å². The number of rotatable bonds is 4. The molecule has 0 saturated heterocycles. The maximum Gasteiger partial charge on any atom is 0.303 e. The average molecular weight is 211 g/mol. The van der Waals surface area contributed by atoms with Crippen molar-refractivity contribution in [1.29, 1.82) is 0 Å². The van der Waals surface area contributed by atoms with Crippen molar-refractivity contribution in [3.63, 3.8) is 0 Å². The van der Waals surface area contributed by atoms with Crippen LogP contribution in [-0.4, -0.2) is 16.1 Å². The van der Waals surface area contributed by atoms with E-state index < -0.39 is 5.97 Å². The molecule has 0 unspecified atom stereocenters. The van der Waals surface area contributed by atoms with E-state index in [0.29, 0.717) is 18.7 Å². The van der Waals surface area contributed by atoms with Gasteiger partial charge < -0.3 is 9.52 Å². The minimum absolute atomic E-state index is 0.0436. The number of carboxylic acid groups (broad SMARTS) is 1. The second kappa shape index (κ2) is 4.47. The van der Waals surface area contributed by atoms with Gasteiger partial charge in [0.25, 0.3) is 0 Å². The summed E-state index contributed by atoms with van der Waals surface area (Å²) in [5.41, 5.74) is -0.0436. The van der Waals surface area contributed by atoms with E-state index in [9.17, 15) is 4.79 Å². The maximum absolute atomic E-state index is 10.3. The number of aryl methyl sites for hydroxylation is 1. The highest BCUT2D eigenvalue weighted by Crippen LogP contribution is 2.23. The van der Waals surface area contributed by atoms with E-state index in [1.54, 1.807) is 6.20 Å². The largest absolute Gasteiger partial charge is 0.481 e. The minimum atomic E-state index is -0.780. The number of aromatic nitrogens is 1. The van der Waals surface area contributed by atoms with Crippen molar-refractivity contribution in [1.82, 2.24) is 4.98 Å². The number of carboxylic acids is 1. The monoisotopic (exact) mass is 211 g/mol. The Hall–Kier alpha value is -1.32.